The van der Waals surface area contributed by atoms with Crippen LogP contribution in [0.15, 0.2) is 30.3 Å². The maximum Gasteiger partial charge on any atom is 0.223 e. The molecule has 0 saturated carbocycles. The molecular formula is C16H20FN3O. The minimum Gasteiger partial charge on any atom is -0.494 e. The van der Waals surface area contributed by atoms with E-state index in [1.165, 1.54) is 12.1 Å². The fourth-order valence-electron chi connectivity index (χ4n) is 1.95. The Kier molecular flexibility index (Phi) is 5.49. The standard InChI is InChI=1S/C16H20FN3O/c1-12-11-13(2)20-16(19-12)18-9-3-4-10-21-15-7-5-14(17)6-8-15/h5-8,11H,3-4,9-10H2,1-2H3,(H,18,19,20). The highest BCUT2D eigenvalue weighted by molar-refractivity contribution is 5.27. The number of unbranched alkanes of at least 4 members (excludes halogenated alkanes) is 1. The number of halogens is 1. The number of aromatic nitrogens is 2. The summed E-state index contributed by atoms with van der Waals surface area (Å²) in [5, 5.41) is 3.21. The Morgan fingerprint density at radius 3 is 2.38 bits per heavy atom. The molecule has 1 heterocycles. The van der Waals surface area contributed by atoms with Crippen LogP contribution < -0.4 is 10.1 Å². The SMILES string of the molecule is Cc1cc(C)nc(NCCCCOc2ccc(F)cc2)n1. The molecule has 0 aliphatic heterocycles. The lowest BCUT2D eigenvalue weighted by Crippen LogP contribution is -2.08. The van der Waals surface area contributed by atoms with E-state index in [4.69, 9.17) is 4.74 Å². The van der Waals surface area contributed by atoms with Crippen LogP contribution >= 0.6 is 0 Å². The Morgan fingerprint density at radius 2 is 1.71 bits per heavy atom. The normalized spacial score (nSPS) is 10.4. The first-order valence-electron chi connectivity index (χ1n) is 7.08. The molecule has 0 amide bonds. The molecule has 112 valence electrons. The van der Waals surface area contributed by atoms with Crippen LogP contribution in [0.25, 0.3) is 0 Å². The minimum absolute atomic E-state index is 0.250. The van der Waals surface area contributed by atoms with E-state index in [-0.39, 0.29) is 5.82 Å². The van der Waals surface area contributed by atoms with Gasteiger partial charge in [-0.05, 0) is 57.0 Å². The smallest absolute Gasteiger partial charge is 0.223 e. The predicted molar refractivity (Wildman–Crippen MR) is 81.1 cm³/mol. The molecule has 1 aromatic carbocycles. The van der Waals surface area contributed by atoms with Gasteiger partial charge in [-0.3, -0.25) is 0 Å². The van der Waals surface area contributed by atoms with Crippen LogP contribution in [0.3, 0.4) is 0 Å². The summed E-state index contributed by atoms with van der Waals surface area (Å²) in [6, 6.07) is 8.01. The summed E-state index contributed by atoms with van der Waals surface area (Å²) in [5.41, 5.74) is 1.93. The maximum absolute atomic E-state index is 12.7. The lowest BCUT2D eigenvalue weighted by atomic mass is 10.3. The second-order valence-corrected chi connectivity index (χ2v) is 4.91. The van der Waals surface area contributed by atoms with Gasteiger partial charge in [-0.1, -0.05) is 0 Å². The van der Waals surface area contributed by atoms with Crippen molar-refractivity contribution in [2.24, 2.45) is 0 Å². The van der Waals surface area contributed by atoms with E-state index in [1.54, 1.807) is 12.1 Å². The summed E-state index contributed by atoms with van der Waals surface area (Å²) in [6.07, 6.45) is 1.87. The number of nitrogens with zero attached hydrogens (tertiary/aromatic N) is 2. The highest BCUT2D eigenvalue weighted by Crippen LogP contribution is 2.11. The van der Waals surface area contributed by atoms with Crippen LogP contribution in [0, 0.1) is 19.7 Å². The molecule has 4 nitrogen and oxygen atoms in total. The van der Waals surface area contributed by atoms with Crippen molar-refractivity contribution in [2.75, 3.05) is 18.5 Å². The van der Waals surface area contributed by atoms with Crippen LogP contribution in [0.4, 0.5) is 10.3 Å². The molecule has 1 aromatic heterocycles. The van der Waals surface area contributed by atoms with Crippen molar-refractivity contribution in [1.29, 1.82) is 0 Å². The lowest BCUT2D eigenvalue weighted by molar-refractivity contribution is 0.308. The molecule has 1 N–H and O–H groups in total. The second-order valence-electron chi connectivity index (χ2n) is 4.91. The number of anilines is 1. The van der Waals surface area contributed by atoms with Gasteiger partial charge in [0.05, 0.1) is 6.61 Å². The van der Waals surface area contributed by atoms with Gasteiger partial charge in [0.2, 0.25) is 5.95 Å². The Hall–Kier alpha value is -2.17. The van der Waals surface area contributed by atoms with Gasteiger partial charge < -0.3 is 10.1 Å². The second kappa shape index (κ2) is 7.57. The van der Waals surface area contributed by atoms with E-state index in [0.29, 0.717) is 18.3 Å². The minimum atomic E-state index is -0.250. The van der Waals surface area contributed by atoms with Gasteiger partial charge in [-0.2, -0.15) is 0 Å². The van der Waals surface area contributed by atoms with E-state index in [1.807, 2.05) is 19.9 Å². The molecule has 0 radical (unpaired) electrons. The van der Waals surface area contributed by atoms with Gasteiger partial charge in [-0.15, -0.1) is 0 Å². The molecule has 0 atom stereocenters. The van der Waals surface area contributed by atoms with E-state index < -0.39 is 0 Å². The van der Waals surface area contributed by atoms with Gasteiger partial charge >= 0.3 is 0 Å². The Bertz CT molecular complexity index is 552. The quantitative estimate of drug-likeness (QED) is 0.792. The summed E-state index contributed by atoms with van der Waals surface area (Å²) in [7, 11) is 0. The molecule has 0 bridgehead atoms. The van der Waals surface area contributed by atoms with Crippen molar-refractivity contribution >= 4 is 5.95 Å². The number of aryl methyl sites for hydroxylation is 2. The molecule has 0 spiro atoms. The molecule has 0 aliphatic rings. The Morgan fingerprint density at radius 1 is 1.05 bits per heavy atom. The first kappa shape index (κ1) is 15.2. The third-order valence-corrected chi connectivity index (χ3v) is 2.92. The summed E-state index contributed by atoms with van der Waals surface area (Å²) in [5.74, 6) is 1.12. The van der Waals surface area contributed by atoms with Crippen molar-refractivity contribution in [3.05, 3.63) is 47.5 Å². The number of benzene rings is 1. The molecule has 2 rings (SSSR count). The molecule has 0 fully saturated rings. The molecule has 5 heteroatoms. The first-order chi connectivity index (χ1) is 10.1. The number of hydrogen-bond acceptors (Lipinski definition) is 4. The maximum atomic E-state index is 12.7. The molecular weight excluding hydrogens is 269 g/mol. The Labute approximate surface area is 124 Å². The number of rotatable bonds is 7. The molecule has 2 aromatic rings. The largest absolute Gasteiger partial charge is 0.494 e. The summed E-state index contributed by atoms with van der Waals surface area (Å²) < 4.78 is 18.2. The zero-order chi connectivity index (χ0) is 15.1. The third kappa shape index (κ3) is 5.38. The van der Waals surface area contributed by atoms with Gasteiger partial charge in [0, 0.05) is 17.9 Å². The lowest BCUT2D eigenvalue weighted by Gasteiger charge is -2.08. The zero-order valence-electron chi connectivity index (χ0n) is 12.4. The van der Waals surface area contributed by atoms with Crippen molar-refractivity contribution in [2.45, 2.75) is 26.7 Å². The van der Waals surface area contributed by atoms with Crippen molar-refractivity contribution < 1.29 is 9.13 Å². The van der Waals surface area contributed by atoms with Crippen molar-refractivity contribution in [3.63, 3.8) is 0 Å². The highest BCUT2D eigenvalue weighted by Gasteiger charge is 1.99. The number of hydrogen-bond donors (Lipinski definition) is 1. The summed E-state index contributed by atoms with van der Waals surface area (Å²) in [4.78, 5) is 8.64. The van der Waals surface area contributed by atoms with Crippen molar-refractivity contribution in [1.82, 2.24) is 9.97 Å². The van der Waals surface area contributed by atoms with Crippen LogP contribution in [-0.4, -0.2) is 23.1 Å². The molecule has 0 saturated heterocycles. The number of nitrogens with one attached hydrogen (secondary N) is 1. The fourth-order valence-corrected chi connectivity index (χ4v) is 1.95. The average molecular weight is 289 g/mol. The number of ether oxygens (including phenoxy) is 1. The monoisotopic (exact) mass is 289 g/mol. The molecule has 21 heavy (non-hydrogen) atoms. The van der Waals surface area contributed by atoms with E-state index >= 15 is 0 Å². The van der Waals surface area contributed by atoms with E-state index in [0.717, 1.165) is 30.8 Å². The van der Waals surface area contributed by atoms with Gasteiger partial charge in [0.1, 0.15) is 11.6 Å². The van der Waals surface area contributed by atoms with Gasteiger partial charge in [-0.25, -0.2) is 14.4 Å². The highest BCUT2D eigenvalue weighted by atomic mass is 19.1. The zero-order valence-corrected chi connectivity index (χ0v) is 12.4. The van der Waals surface area contributed by atoms with Crippen LogP contribution in [0.1, 0.15) is 24.2 Å². The predicted octanol–water partition coefficient (Wildman–Crippen LogP) is 3.50. The van der Waals surface area contributed by atoms with Gasteiger partial charge in [0.15, 0.2) is 0 Å². The van der Waals surface area contributed by atoms with E-state index in [2.05, 4.69) is 15.3 Å². The van der Waals surface area contributed by atoms with Gasteiger partial charge in [0.25, 0.3) is 0 Å². The van der Waals surface area contributed by atoms with Crippen LogP contribution in [-0.2, 0) is 0 Å². The first-order valence-corrected chi connectivity index (χ1v) is 7.08. The fraction of sp³-hybridized carbons (Fsp3) is 0.375. The molecule has 0 unspecified atom stereocenters. The van der Waals surface area contributed by atoms with Crippen LogP contribution in [0.2, 0.25) is 0 Å². The van der Waals surface area contributed by atoms with E-state index in [9.17, 15) is 4.39 Å². The summed E-state index contributed by atoms with van der Waals surface area (Å²) >= 11 is 0. The summed E-state index contributed by atoms with van der Waals surface area (Å²) in [6.45, 7) is 5.32. The third-order valence-electron chi connectivity index (χ3n) is 2.92. The van der Waals surface area contributed by atoms with Crippen LogP contribution in [0.5, 0.6) is 5.75 Å². The van der Waals surface area contributed by atoms with Crippen molar-refractivity contribution in [3.8, 4) is 5.75 Å². The Balaban J connectivity index is 1.62. The topological polar surface area (TPSA) is 47.0 Å². The average Bonchev–Trinajstić information content (AvgIpc) is 2.43. The molecule has 0 aliphatic carbocycles.